The molecule has 18 heavy (non-hydrogen) atoms. The van der Waals surface area contributed by atoms with Gasteiger partial charge in [-0.05, 0) is 26.2 Å². The first-order valence-electron chi connectivity index (χ1n) is 5.71. The van der Waals surface area contributed by atoms with Gasteiger partial charge in [-0.2, -0.15) is 0 Å². The van der Waals surface area contributed by atoms with Gasteiger partial charge in [0.25, 0.3) is 0 Å². The van der Waals surface area contributed by atoms with Gasteiger partial charge in [-0.15, -0.1) is 0 Å². The molecule has 0 unspecified atom stereocenters. The number of aromatic nitrogens is 1. The molecule has 0 amide bonds. The van der Waals surface area contributed by atoms with Crippen LogP contribution < -0.4 is 4.74 Å². The molecule has 0 spiro atoms. The maximum atomic E-state index is 11.2. The molecule has 0 saturated heterocycles. The Bertz CT molecular complexity index is 560. The summed E-state index contributed by atoms with van der Waals surface area (Å²) in [6, 6.07) is 7.40. The van der Waals surface area contributed by atoms with Gasteiger partial charge < -0.3 is 19.7 Å². The number of nitrogens with one attached hydrogen (secondary N) is 1. The SMILES string of the molecule is CN(C)CCOc1c(C(=O)O)[nH]c2ccccc12. The van der Waals surface area contributed by atoms with Crippen molar-refractivity contribution >= 4 is 16.9 Å². The number of benzene rings is 1. The second-order valence-corrected chi connectivity index (χ2v) is 4.33. The van der Waals surface area contributed by atoms with Crippen LogP contribution in [0, 0.1) is 0 Å². The average Bonchev–Trinajstić information content (AvgIpc) is 2.68. The van der Waals surface area contributed by atoms with Gasteiger partial charge in [0.05, 0.1) is 0 Å². The van der Waals surface area contributed by atoms with Crippen molar-refractivity contribution in [3.8, 4) is 5.75 Å². The van der Waals surface area contributed by atoms with Gasteiger partial charge in [-0.25, -0.2) is 4.79 Å². The minimum Gasteiger partial charge on any atom is -0.489 e. The number of aromatic amines is 1. The van der Waals surface area contributed by atoms with Crippen LogP contribution in [0.1, 0.15) is 10.5 Å². The summed E-state index contributed by atoms with van der Waals surface area (Å²) >= 11 is 0. The quantitative estimate of drug-likeness (QED) is 0.847. The number of carboxylic acid groups (broad SMARTS) is 1. The second-order valence-electron chi connectivity index (χ2n) is 4.33. The zero-order valence-corrected chi connectivity index (χ0v) is 10.4. The van der Waals surface area contributed by atoms with Gasteiger partial charge in [0.2, 0.25) is 0 Å². The van der Waals surface area contributed by atoms with Crippen LogP contribution in [-0.2, 0) is 0 Å². The van der Waals surface area contributed by atoms with Crippen molar-refractivity contribution < 1.29 is 14.6 Å². The van der Waals surface area contributed by atoms with Crippen molar-refractivity contribution in [2.45, 2.75) is 0 Å². The minimum atomic E-state index is -1.01. The molecule has 2 rings (SSSR count). The number of carboxylic acids is 1. The molecule has 5 nitrogen and oxygen atoms in total. The Morgan fingerprint density at radius 3 is 2.78 bits per heavy atom. The Kier molecular flexibility index (Phi) is 3.53. The van der Waals surface area contributed by atoms with Crippen molar-refractivity contribution in [2.24, 2.45) is 0 Å². The van der Waals surface area contributed by atoms with E-state index in [2.05, 4.69) is 4.98 Å². The number of aromatic carboxylic acids is 1. The number of nitrogens with zero attached hydrogens (tertiary/aromatic N) is 1. The lowest BCUT2D eigenvalue weighted by molar-refractivity contribution is 0.0686. The van der Waals surface area contributed by atoms with Crippen LogP contribution in [0.2, 0.25) is 0 Å². The normalized spacial score (nSPS) is 11.1. The van der Waals surface area contributed by atoms with E-state index in [0.717, 1.165) is 17.4 Å². The van der Waals surface area contributed by atoms with Crippen LogP contribution in [-0.4, -0.2) is 48.2 Å². The van der Waals surface area contributed by atoms with Gasteiger partial charge >= 0.3 is 5.97 Å². The fourth-order valence-electron chi connectivity index (χ4n) is 1.75. The van der Waals surface area contributed by atoms with Crippen LogP contribution in [0.5, 0.6) is 5.75 Å². The molecule has 1 aromatic carbocycles. The molecule has 0 radical (unpaired) electrons. The number of fused-ring (bicyclic) bond motifs is 1. The van der Waals surface area contributed by atoms with Crippen molar-refractivity contribution in [2.75, 3.05) is 27.2 Å². The minimum absolute atomic E-state index is 0.106. The number of H-pyrrole nitrogens is 1. The Morgan fingerprint density at radius 1 is 1.39 bits per heavy atom. The first-order valence-corrected chi connectivity index (χ1v) is 5.71. The highest BCUT2D eigenvalue weighted by Crippen LogP contribution is 2.29. The number of rotatable bonds is 5. The maximum Gasteiger partial charge on any atom is 0.356 e. The Morgan fingerprint density at radius 2 is 2.11 bits per heavy atom. The molecule has 0 atom stereocenters. The highest BCUT2D eigenvalue weighted by atomic mass is 16.5. The lowest BCUT2D eigenvalue weighted by Gasteiger charge is -2.10. The fraction of sp³-hybridized carbons (Fsp3) is 0.308. The molecule has 5 heteroatoms. The largest absolute Gasteiger partial charge is 0.489 e. The molecular formula is C13H16N2O3. The zero-order chi connectivity index (χ0) is 13.1. The predicted molar refractivity (Wildman–Crippen MR) is 69.3 cm³/mol. The summed E-state index contributed by atoms with van der Waals surface area (Å²) in [7, 11) is 3.88. The van der Waals surface area contributed by atoms with Crippen molar-refractivity contribution in [1.82, 2.24) is 9.88 Å². The third-order valence-corrected chi connectivity index (χ3v) is 2.66. The first-order chi connectivity index (χ1) is 8.59. The molecule has 2 N–H and O–H groups in total. The Hall–Kier alpha value is -2.01. The van der Waals surface area contributed by atoms with Crippen molar-refractivity contribution in [3.05, 3.63) is 30.0 Å². The zero-order valence-electron chi connectivity index (χ0n) is 10.4. The van der Waals surface area contributed by atoms with Crippen LogP contribution in [0.4, 0.5) is 0 Å². The Balaban J connectivity index is 2.33. The molecule has 0 fully saturated rings. The molecule has 0 aliphatic heterocycles. The number of carbonyl (C=O) groups is 1. The highest BCUT2D eigenvalue weighted by Gasteiger charge is 2.18. The lowest BCUT2D eigenvalue weighted by Crippen LogP contribution is -2.19. The van der Waals surface area contributed by atoms with Gasteiger partial charge in [0, 0.05) is 17.4 Å². The topological polar surface area (TPSA) is 65.6 Å². The highest BCUT2D eigenvalue weighted by molar-refractivity contribution is 6.00. The summed E-state index contributed by atoms with van der Waals surface area (Å²) in [5, 5.41) is 9.95. The summed E-state index contributed by atoms with van der Waals surface area (Å²) in [4.78, 5) is 16.0. The van der Waals surface area contributed by atoms with E-state index in [1.165, 1.54) is 0 Å². The van der Waals surface area contributed by atoms with Crippen LogP contribution >= 0.6 is 0 Å². The van der Waals surface area contributed by atoms with Crippen LogP contribution in [0.3, 0.4) is 0 Å². The van der Waals surface area contributed by atoms with E-state index in [1.807, 2.05) is 43.3 Å². The van der Waals surface area contributed by atoms with Gasteiger partial charge in [-0.1, -0.05) is 12.1 Å². The Labute approximate surface area is 105 Å². The molecule has 96 valence electrons. The van der Waals surface area contributed by atoms with Crippen LogP contribution in [0.25, 0.3) is 10.9 Å². The van der Waals surface area contributed by atoms with Gasteiger partial charge in [0.15, 0.2) is 11.4 Å². The van der Waals surface area contributed by atoms with E-state index in [9.17, 15) is 4.79 Å². The summed E-state index contributed by atoms with van der Waals surface area (Å²) in [6.07, 6.45) is 0. The predicted octanol–water partition coefficient (Wildman–Crippen LogP) is 1.81. The summed E-state index contributed by atoms with van der Waals surface area (Å²) in [5.41, 5.74) is 0.879. The summed E-state index contributed by atoms with van der Waals surface area (Å²) < 4.78 is 5.61. The van der Waals surface area contributed by atoms with E-state index in [-0.39, 0.29) is 5.69 Å². The summed E-state index contributed by atoms with van der Waals surface area (Å²) in [5.74, 6) is -0.592. The van der Waals surface area contributed by atoms with Gasteiger partial charge in [0.1, 0.15) is 6.61 Å². The third kappa shape index (κ3) is 2.46. The van der Waals surface area contributed by atoms with Crippen molar-refractivity contribution in [3.63, 3.8) is 0 Å². The van der Waals surface area contributed by atoms with Crippen LogP contribution in [0.15, 0.2) is 24.3 Å². The number of para-hydroxylation sites is 1. The standard InChI is InChI=1S/C13H16N2O3/c1-15(2)7-8-18-12-9-5-3-4-6-10(9)14-11(12)13(16)17/h3-6,14H,7-8H2,1-2H3,(H,16,17). The lowest BCUT2D eigenvalue weighted by atomic mass is 10.2. The molecule has 0 bridgehead atoms. The molecule has 0 saturated carbocycles. The monoisotopic (exact) mass is 248 g/mol. The number of hydrogen-bond acceptors (Lipinski definition) is 3. The molecular weight excluding hydrogens is 232 g/mol. The third-order valence-electron chi connectivity index (χ3n) is 2.66. The number of likely N-dealkylation sites (N-methyl/N-ethyl adjacent to an activating group) is 1. The smallest absolute Gasteiger partial charge is 0.356 e. The summed E-state index contributed by atoms with van der Waals surface area (Å²) in [6.45, 7) is 1.19. The maximum absolute atomic E-state index is 11.2. The number of hydrogen-bond donors (Lipinski definition) is 2. The number of ether oxygens (including phenoxy) is 1. The van der Waals surface area contributed by atoms with E-state index in [4.69, 9.17) is 9.84 Å². The van der Waals surface area contributed by atoms with Gasteiger partial charge in [-0.3, -0.25) is 0 Å². The van der Waals surface area contributed by atoms with E-state index < -0.39 is 5.97 Å². The molecule has 1 heterocycles. The van der Waals surface area contributed by atoms with Crippen molar-refractivity contribution in [1.29, 1.82) is 0 Å². The fourth-order valence-corrected chi connectivity index (χ4v) is 1.75. The molecule has 0 aliphatic carbocycles. The van der Waals surface area contributed by atoms with E-state index in [1.54, 1.807) is 0 Å². The molecule has 1 aromatic heterocycles. The molecule has 0 aliphatic rings. The molecule has 2 aromatic rings. The van der Waals surface area contributed by atoms with E-state index >= 15 is 0 Å². The second kappa shape index (κ2) is 5.10. The van der Waals surface area contributed by atoms with E-state index in [0.29, 0.717) is 12.4 Å². The first kappa shape index (κ1) is 12.4. The average molecular weight is 248 g/mol.